The van der Waals surface area contributed by atoms with Crippen molar-refractivity contribution < 1.29 is 23.4 Å². The number of hydrogen-bond donors (Lipinski definition) is 2. The second-order valence-electron chi connectivity index (χ2n) is 7.87. The van der Waals surface area contributed by atoms with Gasteiger partial charge in [0, 0.05) is 35.9 Å². The van der Waals surface area contributed by atoms with Gasteiger partial charge >= 0.3 is 6.03 Å². The smallest absolute Gasteiger partial charge is 0.322 e. The molecule has 0 bridgehead atoms. The molecule has 3 heterocycles. The van der Waals surface area contributed by atoms with Crippen LogP contribution in [-0.4, -0.2) is 42.0 Å². The van der Waals surface area contributed by atoms with E-state index in [2.05, 4.69) is 10.3 Å². The second-order valence-corrected chi connectivity index (χ2v) is 7.87. The number of hydrogen-bond acceptors (Lipinski definition) is 5. The number of benzene rings is 2. The molecular formula is C23H22FN3O5. The van der Waals surface area contributed by atoms with Crippen LogP contribution in [0.1, 0.15) is 18.4 Å². The fraction of sp³-hybridized carbons (Fsp3) is 0.304. The number of aromatic amines is 1. The van der Waals surface area contributed by atoms with Crippen LogP contribution < -0.4 is 20.3 Å². The summed E-state index contributed by atoms with van der Waals surface area (Å²) < 4.78 is 29.7. The van der Waals surface area contributed by atoms with E-state index in [9.17, 15) is 14.0 Å². The lowest BCUT2D eigenvalue weighted by atomic mass is 10.1. The van der Waals surface area contributed by atoms with Crippen LogP contribution in [0.5, 0.6) is 11.5 Å². The average molecular weight is 439 g/mol. The van der Waals surface area contributed by atoms with Gasteiger partial charge in [-0.2, -0.15) is 0 Å². The first-order valence-corrected chi connectivity index (χ1v) is 10.4. The van der Waals surface area contributed by atoms with E-state index in [-0.39, 0.29) is 30.8 Å². The van der Waals surface area contributed by atoms with E-state index >= 15 is 0 Å². The van der Waals surface area contributed by atoms with E-state index in [0.717, 1.165) is 18.2 Å². The second kappa shape index (κ2) is 8.51. The van der Waals surface area contributed by atoms with Gasteiger partial charge in [0.15, 0.2) is 11.5 Å². The molecule has 2 aromatic carbocycles. The largest absolute Gasteiger partial charge is 0.454 e. The van der Waals surface area contributed by atoms with E-state index in [0.29, 0.717) is 41.4 Å². The summed E-state index contributed by atoms with van der Waals surface area (Å²) in [6, 6.07) is 10.4. The first-order valence-electron chi connectivity index (χ1n) is 10.4. The number of carbonyl (C=O) groups is 1. The van der Waals surface area contributed by atoms with Gasteiger partial charge in [-0.05, 0) is 49.2 Å². The van der Waals surface area contributed by atoms with Crippen molar-refractivity contribution in [3.63, 3.8) is 0 Å². The zero-order chi connectivity index (χ0) is 22.1. The molecule has 5 rings (SSSR count). The first-order chi connectivity index (χ1) is 15.5. The Morgan fingerprint density at radius 1 is 1.16 bits per heavy atom. The molecule has 2 N–H and O–H groups in total. The minimum absolute atomic E-state index is 0.0899. The molecule has 9 heteroatoms. The summed E-state index contributed by atoms with van der Waals surface area (Å²) in [6.45, 7) is 1.22. The third-order valence-corrected chi connectivity index (χ3v) is 5.61. The fourth-order valence-corrected chi connectivity index (χ4v) is 3.95. The topological polar surface area (TPSA) is 92.9 Å². The quantitative estimate of drug-likeness (QED) is 0.634. The Balaban J connectivity index is 1.42. The van der Waals surface area contributed by atoms with Gasteiger partial charge in [-0.25, -0.2) is 9.18 Å². The van der Waals surface area contributed by atoms with Crippen molar-refractivity contribution in [2.24, 2.45) is 0 Å². The van der Waals surface area contributed by atoms with E-state index in [1.165, 1.54) is 24.3 Å². The monoisotopic (exact) mass is 439 g/mol. The minimum Gasteiger partial charge on any atom is -0.454 e. The fourth-order valence-electron chi connectivity index (χ4n) is 3.95. The Hall–Kier alpha value is -3.59. The molecule has 0 saturated carbocycles. The number of anilines is 1. The third kappa shape index (κ3) is 4.24. The van der Waals surface area contributed by atoms with Crippen molar-refractivity contribution in [3.8, 4) is 11.5 Å². The van der Waals surface area contributed by atoms with Gasteiger partial charge in [-0.1, -0.05) is 0 Å². The summed E-state index contributed by atoms with van der Waals surface area (Å²) in [5.41, 5.74) is 1.24. The molecule has 0 aliphatic carbocycles. The summed E-state index contributed by atoms with van der Waals surface area (Å²) in [5.74, 6) is 0.808. The number of pyridine rings is 1. The lowest BCUT2D eigenvalue weighted by molar-refractivity contribution is 0.0818. The van der Waals surface area contributed by atoms with Crippen LogP contribution in [0.2, 0.25) is 0 Å². The lowest BCUT2D eigenvalue weighted by Crippen LogP contribution is -2.40. The number of amides is 2. The Labute approximate surface area is 182 Å². The van der Waals surface area contributed by atoms with E-state index in [1.54, 1.807) is 23.1 Å². The van der Waals surface area contributed by atoms with Crippen molar-refractivity contribution in [1.82, 2.24) is 9.88 Å². The van der Waals surface area contributed by atoms with Gasteiger partial charge in [0.1, 0.15) is 5.82 Å². The molecule has 8 nitrogen and oxygen atoms in total. The standard InChI is InChI=1S/C23H22FN3O5/c24-16-3-5-17(6-4-16)25-23(29)27(12-18-2-1-7-30-18)11-15-8-14-9-20-21(32-13-31-20)10-19(14)26-22(15)28/h3-6,8-10,18H,1-2,7,11-13H2,(H,25,29)(H,26,28)/t18-/m1/s1. The number of rotatable bonds is 5. The molecule has 1 aromatic heterocycles. The van der Waals surface area contributed by atoms with Gasteiger partial charge < -0.3 is 29.4 Å². The molecular weight excluding hydrogens is 417 g/mol. The van der Waals surface area contributed by atoms with Crippen molar-refractivity contribution >= 4 is 22.6 Å². The molecule has 0 radical (unpaired) electrons. The van der Waals surface area contributed by atoms with Crippen LogP contribution in [0.15, 0.2) is 47.3 Å². The van der Waals surface area contributed by atoms with Crippen LogP contribution in [0.3, 0.4) is 0 Å². The van der Waals surface area contributed by atoms with Crippen LogP contribution in [0.4, 0.5) is 14.9 Å². The van der Waals surface area contributed by atoms with Crippen molar-refractivity contribution in [2.45, 2.75) is 25.5 Å². The highest BCUT2D eigenvalue weighted by Gasteiger charge is 2.24. The Morgan fingerprint density at radius 2 is 1.94 bits per heavy atom. The van der Waals surface area contributed by atoms with Gasteiger partial charge in [0.05, 0.1) is 18.2 Å². The number of carbonyl (C=O) groups excluding carboxylic acids is 1. The normalized spacial score (nSPS) is 17.0. The van der Waals surface area contributed by atoms with Crippen LogP contribution in [0, 0.1) is 5.82 Å². The molecule has 3 aromatic rings. The minimum atomic E-state index is -0.391. The maximum atomic E-state index is 13.2. The molecule has 32 heavy (non-hydrogen) atoms. The highest BCUT2D eigenvalue weighted by atomic mass is 19.1. The van der Waals surface area contributed by atoms with Gasteiger partial charge in [0.2, 0.25) is 6.79 Å². The van der Waals surface area contributed by atoms with Crippen molar-refractivity contribution in [1.29, 1.82) is 0 Å². The van der Waals surface area contributed by atoms with Crippen molar-refractivity contribution in [3.05, 3.63) is 64.2 Å². The Kier molecular flexibility index (Phi) is 5.40. The highest BCUT2D eigenvalue weighted by Crippen LogP contribution is 2.35. The number of ether oxygens (including phenoxy) is 3. The number of nitrogens with zero attached hydrogens (tertiary/aromatic N) is 1. The number of nitrogens with one attached hydrogen (secondary N) is 2. The van der Waals surface area contributed by atoms with Crippen molar-refractivity contribution in [2.75, 3.05) is 25.3 Å². The first kappa shape index (κ1) is 20.3. The molecule has 1 fully saturated rings. The maximum Gasteiger partial charge on any atom is 0.322 e. The summed E-state index contributed by atoms with van der Waals surface area (Å²) in [4.78, 5) is 30.2. The molecule has 1 saturated heterocycles. The molecule has 0 spiro atoms. The third-order valence-electron chi connectivity index (χ3n) is 5.61. The SMILES string of the molecule is O=C(Nc1ccc(F)cc1)N(Cc1cc2cc3c(cc2[nH]c1=O)OCO3)C[C@H]1CCCO1. The van der Waals surface area contributed by atoms with E-state index in [1.807, 2.05) is 0 Å². The molecule has 166 valence electrons. The predicted octanol–water partition coefficient (Wildman–Crippen LogP) is 3.61. The van der Waals surface area contributed by atoms with Gasteiger partial charge in [-0.15, -0.1) is 0 Å². The van der Waals surface area contributed by atoms with Crippen LogP contribution >= 0.6 is 0 Å². The Morgan fingerprint density at radius 3 is 2.69 bits per heavy atom. The van der Waals surface area contributed by atoms with Crippen LogP contribution in [-0.2, 0) is 11.3 Å². The number of aromatic nitrogens is 1. The number of urea groups is 1. The number of halogens is 1. The summed E-state index contributed by atoms with van der Waals surface area (Å²) in [7, 11) is 0. The summed E-state index contributed by atoms with van der Waals surface area (Å²) in [5, 5.41) is 3.55. The predicted molar refractivity (Wildman–Crippen MR) is 115 cm³/mol. The molecule has 1 atom stereocenters. The molecule has 2 aliphatic heterocycles. The van der Waals surface area contributed by atoms with Gasteiger partial charge in [0.25, 0.3) is 5.56 Å². The summed E-state index contributed by atoms with van der Waals surface area (Å²) >= 11 is 0. The molecule has 2 aliphatic rings. The van der Waals surface area contributed by atoms with E-state index in [4.69, 9.17) is 14.2 Å². The van der Waals surface area contributed by atoms with Gasteiger partial charge in [-0.3, -0.25) is 4.79 Å². The maximum absolute atomic E-state index is 13.2. The number of H-pyrrole nitrogens is 1. The number of fused-ring (bicyclic) bond motifs is 2. The Bertz CT molecular complexity index is 1200. The molecule has 2 amide bonds. The lowest BCUT2D eigenvalue weighted by Gasteiger charge is -2.25. The highest BCUT2D eigenvalue weighted by molar-refractivity contribution is 5.89. The zero-order valence-electron chi connectivity index (χ0n) is 17.2. The molecule has 0 unspecified atom stereocenters. The van der Waals surface area contributed by atoms with E-state index < -0.39 is 6.03 Å². The average Bonchev–Trinajstić information content (AvgIpc) is 3.45. The zero-order valence-corrected chi connectivity index (χ0v) is 17.2. The summed E-state index contributed by atoms with van der Waals surface area (Å²) in [6.07, 6.45) is 1.68. The van der Waals surface area contributed by atoms with Crippen LogP contribution in [0.25, 0.3) is 10.9 Å².